The minimum absolute atomic E-state index is 0.968. The van der Waals surface area contributed by atoms with Gasteiger partial charge >= 0.3 is 0 Å². The molecule has 0 saturated heterocycles. The van der Waals surface area contributed by atoms with Gasteiger partial charge in [0.05, 0.1) is 11.2 Å². The van der Waals surface area contributed by atoms with Crippen molar-refractivity contribution in [3.8, 4) is 0 Å². The molecule has 0 fully saturated rings. The van der Waals surface area contributed by atoms with E-state index < -0.39 is 0 Å². The SMILES string of the molecule is CC.CCn1ccc2nnc(C)cc21. The van der Waals surface area contributed by atoms with Crippen molar-refractivity contribution in [2.75, 3.05) is 0 Å². The van der Waals surface area contributed by atoms with Crippen LogP contribution in [0.2, 0.25) is 0 Å². The van der Waals surface area contributed by atoms with E-state index in [4.69, 9.17) is 0 Å². The molecule has 2 heterocycles. The Hall–Kier alpha value is -1.38. The maximum absolute atomic E-state index is 4.08. The van der Waals surface area contributed by atoms with Crippen LogP contribution < -0.4 is 0 Å². The fraction of sp³-hybridized carbons (Fsp3) is 0.455. The summed E-state index contributed by atoms with van der Waals surface area (Å²) in [6, 6.07) is 4.05. The Balaban J connectivity index is 0.000000461. The third-order valence-electron chi connectivity index (χ3n) is 1.99. The lowest BCUT2D eigenvalue weighted by molar-refractivity contribution is 0.795. The van der Waals surface area contributed by atoms with Gasteiger partial charge in [0.2, 0.25) is 0 Å². The summed E-state index contributed by atoms with van der Waals surface area (Å²) in [4.78, 5) is 0. The Morgan fingerprint density at radius 3 is 2.64 bits per heavy atom. The first-order chi connectivity index (χ1) is 6.81. The Morgan fingerprint density at radius 1 is 1.29 bits per heavy atom. The van der Waals surface area contributed by atoms with Crippen molar-refractivity contribution in [1.82, 2.24) is 14.8 Å². The normalized spacial score (nSPS) is 9.71. The molecule has 0 aliphatic heterocycles. The van der Waals surface area contributed by atoms with E-state index in [1.54, 1.807) is 0 Å². The van der Waals surface area contributed by atoms with Gasteiger partial charge in [0.1, 0.15) is 5.52 Å². The number of nitrogens with zero attached hydrogens (tertiary/aromatic N) is 3. The van der Waals surface area contributed by atoms with Crippen molar-refractivity contribution in [2.45, 2.75) is 34.2 Å². The maximum atomic E-state index is 4.08. The molecule has 3 nitrogen and oxygen atoms in total. The van der Waals surface area contributed by atoms with Gasteiger partial charge in [0.15, 0.2) is 0 Å². The molecular weight excluding hydrogens is 174 g/mol. The summed E-state index contributed by atoms with van der Waals surface area (Å²) >= 11 is 0. The van der Waals surface area contributed by atoms with E-state index in [1.165, 1.54) is 5.52 Å². The summed E-state index contributed by atoms with van der Waals surface area (Å²) in [5, 5.41) is 8.07. The second-order valence-electron chi connectivity index (χ2n) is 2.86. The average molecular weight is 191 g/mol. The topological polar surface area (TPSA) is 30.7 Å². The first-order valence-electron chi connectivity index (χ1n) is 5.10. The number of aromatic nitrogens is 3. The molecule has 3 heteroatoms. The van der Waals surface area contributed by atoms with Gasteiger partial charge in [-0.3, -0.25) is 0 Å². The number of hydrogen-bond donors (Lipinski definition) is 0. The van der Waals surface area contributed by atoms with E-state index in [9.17, 15) is 0 Å². The van der Waals surface area contributed by atoms with Crippen molar-refractivity contribution in [3.63, 3.8) is 0 Å². The Labute approximate surface area is 84.8 Å². The highest BCUT2D eigenvalue weighted by molar-refractivity contribution is 5.75. The highest BCUT2D eigenvalue weighted by atomic mass is 15.1. The minimum atomic E-state index is 0.968. The molecule has 14 heavy (non-hydrogen) atoms. The molecule has 0 N–H and O–H groups in total. The van der Waals surface area contributed by atoms with Gasteiger partial charge in [-0.05, 0) is 26.0 Å². The Morgan fingerprint density at radius 2 is 2.00 bits per heavy atom. The second-order valence-corrected chi connectivity index (χ2v) is 2.86. The van der Waals surface area contributed by atoms with Crippen LogP contribution in [-0.2, 0) is 6.54 Å². The third kappa shape index (κ3) is 1.92. The lowest BCUT2D eigenvalue weighted by atomic mass is 10.3. The van der Waals surface area contributed by atoms with Crippen molar-refractivity contribution in [3.05, 3.63) is 24.0 Å². The van der Waals surface area contributed by atoms with Crippen molar-refractivity contribution in [2.24, 2.45) is 0 Å². The molecule has 0 radical (unpaired) electrons. The first kappa shape index (κ1) is 10.7. The number of hydrogen-bond acceptors (Lipinski definition) is 2. The molecule has 0 spiro atoms. The maximum Gasteiger partial charge on any atom is 0.111 e. The predicted molar refractivity (Wildman–Crippen MR) is 59.3 cm³/mol. The predicted octanol–water partition coefficient (Wildman–Crippen LogP) is 2.79. The van der Waals surface area contributed by atoms with E-state index in [2.05, 4.69) is 27.8 Å². The number of rotatable bonds is 1. The van der Waals surface area contributed by atoms with Crippen LogP contribution in [0.4, 0.5) is 0 Å². The summed E-state index contributed by atoms with van der Waals surface area (Å²) < 4.78 is 2.16. The van der Waals surface area contributed by atoms with E-state index >= 15 is 0 Å². The van der Waals surface area contributed by atoms with Crippen LogP contribution in [0.5, 0.6) is 0 Å². The molecule has 0 saturated carbocycles. The van der Waals surface area contributed by atoms with Crippen LogP contribution in [0.1, 0.15) is 26.5 Å². The average Bonchev–Trinajstić information content (AvgIpc) is 2.63. The summed E-state index contributed by atoms with van der Waals surface area (Å²) in [6.45, 7) is 9.06. The van der Waals surface area contributed by atoms with Crippen LogP contribution in [-0.4, -0.2) is 14.8 Å². The van der Waals surface area contributed by atoms with Crippen LogP contribution in [0.15, 0.2) is 18.3 Å². The van der Waals surface area contributed by atoms with Gasteiger partial charge in [0, 0.05) is 12.7 Å². The standard InChI is InChI=1S/C9H11N3.C2H6/c1-3-12-5-4-8-9(12)6-7(2)10-11-8;1-2/h4-6H,3H2,1-2H3;1-2H3. The molecule has 2 aromatic rings. The molecule has 0 aliphatic carbocycles. The van der Waals surface area contributed by atoms with Gasteiger partial charge in [-0.2, -0.15) is 5.10 Å². The van der Waals surface area contributed by atoms with Gasteiger partial charge < -0.3 is 4.57 Å². The quantitative estimate of drug-likeness (QED) is 0.694. The molecule has 76 valence electrons. The largest absolute Gasteiger partial charge is 0.346 e. The zero-order chi connectivity index (χ0) is 10.6. The van der Waals surface area contributed by atoms with Gasteiger partial charge in [-0.1, -0.05) is 13.8 Å². The molecule has 2 rings (SSSR count). The Kier molecular flexibility index (Phi) is 3.63. The molecule has 0 unspecified atom stereocenters. The van der Waals surface area contributed by atoms with Gasteiger partial charge in [0.25, 0.3) is 0 Å². The summed E-state index contributed by atoms with van der Waals surface area (Å²) in [5.41, 5.74) is 3.11. The molecule has 2 aromatic heterocycles. The first-order valence-corrected chi connectivity index (χ1v) is 5.10. The zero-order valence-electron chi connectivity index (χ0n) is 9.28. The summed E-state index contributed by atoms with van der Waals surface area (Å²) in [7, 11) is 0. The van der Waals surface area contributed by atoms with E-state index in [0.717, 1.165) is 17.8 Å². The lowest BCUT2D eigenvalue weighted by Gasteiger charge is -1.99. The molecule has 0 bridgehead atoms. The van der Waals surface area contributed by atoms with Crippen molar-refractivity contribution in [1.29, 1.82) is 0 Å². The van der Waals surface area contributed by atoms with Gasteiger partial charge in [-0.25, -0.2) is 0 Å². The van der Waals surface area contributed by atoms with E-state index in [1.807, 2.05) is 33.0 Å². The van der Waals surface area contributed by atoms with E-state index in [-0.39, 0.29) is 0 Å². The monoisotopic (exact) mass is 191 g/mol. The number of aryl methyl sites for hydroxylation is 2. The van der Waals surface area contributed by atoms with Crippen molar-refractivity contribution < 1.29 is 0 Å². The summed E-state index contributed by atoms with van der Waals surface area (Å²) in [5.74, 6) is 0. The van der Waals surface area contributed by atoms with E-state index in [0.29, 0.717) is 0 Å². The second kappa shape index (κ2) is 4.74. The Bertz CT molecular complexity index is 404. The molecular formula is C11H17N3. The lowest BCUT2D eigenvalue weighted by Crippen LogP contribution is -1.93. The minimum Gasteiger partial charge on any atom is -0.346 e. The van der Waals surface area contributed by atoms with Crippen molar-refractivity contribution >= 4 is 11.0 Å². The van der Waals surface area contributed by atoms with Crippen LogP contribution in [0.3, 0.4) is 0 Å². The highest BCUT2D eigenvalue weighted by Crippen LogP contribution is 2.12. The highest BCUT2D eigenvalue weighted by Gasteiger charge is 2.00. The van der Waals surface area contributed by atoms with Gasteiger partial charge in [-0.15, -0.1) is 5.10 Å². The molecule has 0 aromatic carbocycles. The van der Waals surface area contributed by atoms with Crippen LogP contribution >= 0.6 is 0 Å². The number of fused-ring (bicyclic) bond motifs is 1. The summed E-state index contributed by atoms with van der Waals surface area (Å²) in [6.07, 6.45) is 2.04. The smallest absolute Gasteiger partial charge is 0.111 e. The molecule has 0 atom stereocenters. The fourth-order valence-electron chi connectivity index (χ4n) is 1.35. The zero-order valence-corrected chi connectivity index (χ0v) is 9.28. The van der Waals surface area contributed by atoms with Crippen LogP contribution in [0, 0.1) is 6.92 Å². The van der Waals surface area contributed by atoms with Crippen LogP contribution in [0.25, 0.3) is 11.0 Å². The molecule has 0 aliphatic rings. The molecule has 0 amide bonds. The fourth-order valence-corrected chi connectivity index (χ4v) is 1.35. The third-order valence-corrected chi connectivity index (χ3v) is 1.99.